The lowest BCUT2D eigenvalue weighted by atomic mass is 10.1. The largest absolute Gasteiger partial charge is 0.369 e. The lowest BCUT2D eigenvalue weighted by molar-refractivity contribution is 0.327. The number of hydrogen-bond donors (Lipinski definition) is 1. The smallest absolute Gasteiger partial charge is 0.266 e. The summed E-state index contributed by atoms with van der Waals surface area (Å²) in [5.41, 5.74) is 4.11. The number of pyridine rings is 1. The number of halogens is 2. The SMILES string of the molecule is CN(c1cc(F)c(S(=O)(=O)Nc2cscn2)cc1Cl)C1CCN(Cc2cccc3cccnc23)C1. The first-order valence-corrected chi connectivity index (χ1v) is 13.8. The van der Waals surface area contributed by atoms with Crippen molar-refractivity contribution in [2.75, 3.05) is 29.8 Å². The number of sulfonamides is 1. The molecule has 1 unspecified atom stereocenters. The van der Waals surface area contributed by atoms with Crippen molar-refractivity contribution in [3.63, 3.8) is 0 Å². The minimum absolute atomic E-state index is 0.102. The number of nitrogens with one attached hydrogen (secondary N) is 1. The minimum Gasteiger partial charge on any atom is -0.369 e. The molecule has 1 aliphatic rings. The lowest BCUT2D eigenvalue weighted by Gasteiger charge is -2.28. The normalized spacial score (nSPS) is 16.6. The second-order valence-corrected chi connectivity index (χ2v) is 11.3. The van der Waals surface area contributed by atoms with Gasteiger partial charge in [-0.1, -0.05) is 35.9 Å². The topological polar surface area (TPSA) is 78.4 Å². The van der Waals surface area contributed by atoms with Crippen molar-refractivity contribution in [3.05, 3.63) is 76.0 Å². The van der Waals surface area contributed by atoms with Crippen LogP contribution in [0.15, 0.2) is 64.4 Å². The van der Waals surface area contributed by atoms with Crippen molar-refractivity contribution in [1.82, 2.24) is 14.9 Å². The first kappa shape index (κ1) is 23.9. The zero-order chi connectivity index (χ0) is 24.6. The number of para-hydroxylation sites is 1. The molecule has 5 rings (SSSR count). The van der Waals surface area contributed by atoms with Gasteiger partial charge in [-0.05, 0) is 24.1 Å². The molecule has 0 amide bonds. The molecule has 4 aromatic rings. The van der Waals surface area contributed by atoms with Crippen LogP contribution in [0.2, 0.25) is 5.02 Å². The predicted octanol–water partition coefficient (Wildman–Crippen LogP) is 5.00. The molecular weight excluding hydrogens is 509 g/mol. The molecule has 1 fully saturated rings. The summed E-state index contributed by atoms with van der Waals surface area (Å²) in [6, 6.07) is 12.6. The van der Waals surface area contributed by atoms with Crippen LogP contribution >= 0.6 is 22.9 Å². The first-order chi connectivity index (χ1) is 16.8. The van der Waals surface area contributed by atoms with E-state index in [2.05, 4.69) is 37.8 Å². The molecule has 7 nitrogen and oxygen atoms in total. The van der Waals surface area contributed by atoms with Gasteiger partial charge in [0.1, 0.15) is 10.7 Å². The fourth-order valence-corrected chi connectivity index (χ4v) is 6.46. The van der Waals surface area contributed by atoms with E-state index in [1.165, 1.54) is 28.3 Å². The zero-order valence-electron chi connectivity index (χ0n) is 18.9. The Morgan fingerprint density at radius 3 is 2.89 bits per heavy atom. The third-order valence-electron chi connectivity index (χ3n) is 6.25. The van der Waals surface area contributed by atoms with E-state index in [1.807, 2.05) is 24.1 Å². The first-order valence-electron chi connectivity index (χ1n) is 11.0. The quantitative estimate of drug-likeness (QED) is 0.362. The van der Waals surface area contributed by atoms with Gasteiger partial charge < -0.3 is 4.90 Å². The summed E-state index contributed by atoms with van der Waals surface area (Å²) in [4.78, 5) is 12.2. The molecule has 0 aliphatic carbocycles. The lowest BCUT2D eigenvalue weighted by Crippen LogP contribution is -2.34. The highest BCUT2D eigenvalue weighted by Gasteiger charge is 2.29. The van der Waals surface area contributed by atoms with E-state index < -0.39 is 20.7 Å². The van der Waals surface area contributed by atoms with Crippen LogP contribution in [0.25, 0.3) is 10.9 Å². The van der Waals surface area contributed by atoms with Crippen molar-refractivity contribution in [2.45, 2.75) is 23.9 Å². The highest BCUT2D eigenvalue weighted by molar-refractivity contribution is 7.92. The third-order valence-corrected chi connectivity index (χ3v) is 8.51. The van der Waals surface area contributed by atoms with E-state index in [4.69, 9.17) is 11.6 Å². The van der Waals surface area contributed by atoms with E-state index in [-0.39, 0.29) is 16.9 Å². The Morgan fingerprint density at radius 1 is 1.26 bits per heavy atom. The number of fused-ring (bicyclic) bond motifs is 1. The van der Waals surface area contributed by atoms with E-state index in [0.717, 1.165) is 48.6 Å². The Bertz CT molecular complexity index is 1460. The minimum atomic E-state index is -4.16. The number of likely N-dealkylation sites (tertiary alicyclic amines) is 1. The van der Waals surface area contributed by atoms with Crippen LogP contribution in [0.5, 0.6) is 0 Å². The van der Waals surface area contributed by atoms with Crippen molar-refractivity contribution >= 4 is 55.4 Å². The number of anilines is 2. The molecule has 0 saturated carbocycles. The van der Waals surface area contributed by atoms with E-state index >= 15 is 0 Å². The molecule has 2 aromatic heterocycles. The summed E-state index contributed by atoms with van der Waals surface area (Å²) in [6.45, 7) is 2.41. The van der Waals surface area contributed by atoms with Gasteiger partial charge in [0.15, 0.2) is 5.82 Å². The van der Waals surface area contributed by atoms with Crippen LogP contribution in [0.1, 0.15) is 12.0 Å². The Balaban J connectivity index is 1.31. The van der Waals surface area contributed by atoms with E-state index in [0.29, 0.717) is 5.69 Å². The molecule has 182 valence electrons. The maximum atomic E-state index is 15.0. The molecule has 35 heavy (non-hydrogen) atoms. The van der Waals surface area contributed by atoms with Crippen LogP contribution in [0.4, 0.5) is 15.9 Å². The van der Waals surface area contributed by atoms with E-state index in [1.54, 1.807) is 6.20 Å². The van der Waals surface area contributed by atoms with Gasteiger partial charge in [0.25, 0.3) is 10.0 Å². The maximum Gasteiger partial charge on any atom is 0.266 e. The molecule has 0 radical (unpaired) electrons. The monoisotopic (exact) mass is 531 g/mol. The standard InChI is InChI=1S/C24H23ClFN5O2S2/c1-30(18-7-9-31(13-18)12-17-5-2-4-16-6-3-8-27-24(16)17)21-11-20(26)22(10-19(21)25)35(32,33)29-23-14-34-15-28-23/h2-6,8,10-11,14-15,18,29H,7,9,12-13H2,1H3. The van der Waals surface area contributed by atoms with Gasteiger partial charge in [-0.2, -0.15) is 0 Å². The zero-order valence-corrected chi connectivity index (χ0v) is 21.2. The maximum absolute atomic E-state index is 15.0. The summed E-state index contributed by atoms with van der Waals surface area (Å²) < 4.78 is 42.5. The van der Waals surface area contributed by atoms with Crippen LogP contribution < -0.4 is 9.62 Å². The number of rotatable bonds is 7. The fraction of sp³-hybridized carbons (Fsp3) is 0.250. The van der Waals surface area contributed by atoms with Gasteiger partial charge in [-0.3, -0.25) is 14.6 Å². The highest BCUT2D eigenvalue weighted by atomic mass is 35.5. The molecule has 3 heterocycles. The number of likely N-dealkylation sites (N-methyl/N-ethyl adjacent to an activating group) is 1. The Morgan fingerprint density at radius 2 is 2.09 bits per heavy atom. The second kappa shape index (κ2) is 9.69. The van der Waals surface area contributed by atoms with Crippen molar-refractivity contribution in [1.29, 1.82) is 0 Å². The van der Waals surface area contributed by atoms with Crippen LogP contribution in [-0.4, -0.2) is 49.5 Å². The third kappa shape index (κ3) is 4.97. The summed E-state index contributed by atoms with van der Waals surface area (Å²) in [5, 5.41) is 2.81. The van der Waals surface area contributed by atoms with Crippen molar-refractivity contribution < 1.29 is 12.8 Å². The molecule has 11 heteroatoms. The van der Waals surface area contributed by atoms with Gasteiger partial charge in [-0.25, -0.2) is 17.8 Å². The Labute approximate surface area is 212 Å². The summed E-state index contributed by atoms with van der Waals surface area (Å²) in [5.74, 6) is -0.727. The van der Waals surface area contributed by atoms with Crippen molar-refractivity contribution in [2.24, 2.45) is 0 Å². The summed E-state index contributed by atoms with van der Waals surface area (Å²) >= 11 is 7.69. The van der Waals surface area contributed by atoms with Crippen molar-refractivity contribution in [3.8, 4) is 0 Å². The number of nitrogens with zero attached hydrogens (tertiary/aromatic N) is 4. The number of hydrogen-bond acceptors (Lipinski definition) is 7. The molecule has 2 aromatic carbocycles. The number of aromatic nitrogens is 2. The highest BCUT2D eigenvalue weighted by Crippen LogP contribution is 2.34. The van der Waals surface area contributed by atoms with Crippen LogP contribution in [0, 0.1) is 5.82 Å². The molecule has 1 atom stereocenters. The molecule has 1 N–H and O–H groups in total. The number of benzene rings is 2. The average Bonchev–Trinajstić information content (AvgIpc) is 3.52. The van der Waals surface area contributed by atoms with Crippen LogP contribution in [-0.2, 0) is 16.6 Å². The molecular formula is C24H23ClFN5O2S2. The second-order valence-electron chi connectivity index (χ2n) is 8.49. The summed E-state index contributed by atoms with van der Waals surface area (Å²) in [7, 11) is -2.30. The van der Waals surface area contributed by atoms with Gasteiger partial charge in [0.2, 0.25) is 0 Å². The average molecular weight is 532 g/mol. The van der Waals surface area contributed by atoms with E-state index in [9.17, 15) is 12.8 Å². The van der Waals surface area contributed by atoms with Crippen LogP contribution in [0.3, 0.4) is 0 Å². The predicted molar refractivity (Wildman–Crippen MR) is 138 cm³/mol. The van der Waals surface area contributed by atoms with Gasteiger partial charge >= 0.3 is 0 Å². The van der Waals surface area contributed by atoms with Gasteiger partial charge in [0, 0.05) is 55.8 Å². The Hall–Kier alpha value is -2.79. The Kier molecular flexibility index (Phi) is 6.63. The molecule has 0 spiro atoms. The number of thiazole rings is 1. The molecule has 1 saturated heterocycles. The fourth-order valence-electron chi connectivity index (χ4n) is 4.45. The molecule has 0 bridgehead atoms. The van der Waals surface area contributed by atoms with Gasteiger partial charge in [-0.15, -0.1) is 11.3 Å². The van der Waals surface area contributed by atoms with Gasteiger partial charge in [0.05, 0.1) is 21.7 Å². The molecule has 1 aliphatic heterocycles. The summed E-state index contributed by atoms with van der Waals surface area (Å²) in [6.07, 6.45) is 2.68.